The molecule has 0 rings (SSSR count). The van der Waals surface area contributed by atoms with E-state index in [-0.39, 0.29) is 11.1 Å². The highest BCUT2D eigenvalue weighted by atomic mass is 32.2. The molecule has 0 N–H and O–H groups in total. The van der Waals surface area contributed by atoms with Crippen molar-refractivity contribution in [3.63, 3.8) is 0 Å². The van der Waals surface area contributed by atoms with Gasteiger partial charge in [0.15, 0.2) is 5.12 Å². The van der Waals surface area contributed by atoms with E-state index < -0.39 is 4.75 Å². The van der Waals surface area contributed by atoms with E-state index in [0.717, 1.165) is 11.8 Å². The van der Waals surface area contributed by atoms with E-state index in [1.165, 1.54) is 0 Å². The van der Waals surface area contributed by atoms with Gasteiger partial charge in [0.25, 0.3) is 0 Å². The van der Waals surface area contributed by atoms with Gasteiger partial charge in [0.2, 0.25) is 0 Å². The summed E-state index contributed by atoms with van der Waals surface area (Å²) < 4.78 is 4.21. The third-order valence-electron chi connectivity index (χ3n) is 2.01. The van der Waals surface area contributed by atoms with Crippen molar-refractivity contribution in [2.75, 3.05) is 6.61 Å². The molecule has 0 aromatic carbocycles. The van der Waals surface area contributed by atoms with Gasteiger partial charge in [-0.2, -0.15) is 0 Å². The standard InChI is InChI=1S/C10H18O3S/c1-5-8(11)14-10(4,6-2)9(12)13-7-3/h5-7H2,1-4H3/t10-/m1/s1. The van der Waals surface area contributed by atoms with Gasteiger partial charge in [-0.05, 0) is 20.3 Å². The maximum atomic E-state index is 11.6. The summed E-state index contributed by atoms with van der Waals surface area (Å²) in [6.45, 7) is 7.54. The van der Waals surface area contributed by atoms with E-state index in [9.17, 15) is 9.59 Å². The lowest BCUT2D eigenvalue weighted by atomic mass is 10.1. The fourth-order valence-corrected chi connectivity index (χ4v) is 1.80. The van der Waals surface area contributed by atoms with Gasteiger partial charge < -0.3 is 4.74 Å². The summed E-state index contributed by atoms with van der Waals surface area (Å²) in [6, 6.07) is 0. The zero-order chi connectivity index (χ0) is 11.2. The Kier molecular flexibility index (Phi) is 5.84. The van der Waals surface area contributed by atoms with Crippen molar-refractivity contribution in [1.29, 1.82) is 0 Å². The smallest absolute Gasteiger partial charge is 0.322 e. The average molecular weight is 218 g/mol. The van der Waals surface area contributed by atoms with Gasteiger partial charge in [-0.15, -0.1) is 0 Å². The Morgan fingerprint density at radius 1 is 1.29 bits per heavy atom. The first-order chi connectivity index (χ1) is 6.50. The molecule has 0 aliphatic carbocycles. The van der Waals surface area contributed by atoms with Crippen LogP contribution in [-0.2, 0) is 14.3 Å². The fraction of sp³-hybridized carbons (Fsp3) is 0.800. The second kappa shape index (κ2) is 6.06. The molecule has 0 saturated heterocycles. The average Bonchev–Trinajstić information content (AvgIpc) is 2.17. The van der Waals surface area contributed by atoms with Gasteiger partial charge in [0, 0.05) is 6.42 Å². The zero-order valence-electron chi connectivity index (χ0n) is 9.25. The van der Waals surface area contributed by atoms with E-state index in [1.807, 2.05) is 6.92 Å². The maximum Gasteiger partial charge on any atom is 0.322 e. The minimum atomic E-state index is -0.719. The molecule has 0 amide bonds. The number of esters is 1. The molecule has 4 heteroatoms. The van der Waals surface area contributed by atoms with E-state index in [0.29, 0.717) is 19.4 Å². The minimum Gasteiger partial charge on any atom is -0.465 e. The minimum absolute atomic E-state index is 0.0300. The summed E-state index contributed by atoms with van der Waals surface area (Å²) in [5.74, 6) is -0.297. The number of carbonyl (C=O) groups is 2. The van der Waals surface area contributed by atoms with Crippen LogP contribution in [-0.4, -0.2) is 22.4 Å². The Bertz CT molecular complexity index is 215. The molecular formula is C10H18O3S. The SMILES string of the molecule is CCOC(=O)[C@@](C)(CC)SC(=O)CC. The summed E-state index contributed by atoms with van der Waals surface area (Å²) in [6.07, 6.45) is 1.04. The van der Waals surface area contributed by atoms with Crippen LogP contribution in [0.2, 0.25) is 0 Å². The predicted molar refractivity (Wildman–Crippen MR) is 58.2 cm³/mol. The zero-order valence-corrected chi connectivity index (χ0v) is 10.1. The molecule has 0 saturated carbocycles. The fourth-order valence-electron chi connectivity index (χ4n) is 0.865. The Morgan fingerprint density at radius 2 is 1.86 bits per heavy atom. The maximum absolute atomic E-state index is 11.6. The Morgan fingerprint density at radius 3 is 2.21 bits per heavy atom. The molecule has 0 bridgehead atoms. The van der Waals surface area contributed by atoms with E-state index in [4.69, 9.17) is 4.74 Å². The van der Waals surface area contributed by atoms with Crippen molar-refractivity contribution in [3.05, 3.63) is 0 Å². The lowest BCUT2D eigenvalue weighted by Crippen LogP contribution is -2.34. The highest BCUT2D eigenvalue weighted by molar-refractivity contribution is 8.15. The van der Waals surface area contributed by atoms with E-state index in [2.05, 4.69) is 0 Å². The van der Waals surface area contributed by atoms with Crippen LogP contribution in [0.3, 0.4) is 0 Å². The van der Waals surface area contributed by atoms with Crippen molar-refractivity contribution < 1.29 is 14.3 Å². The third kappa shape index (κ3) is 3.70. The van der Waals surface area contributed by atoms with Gasteiger partial charge in [0.05, 0.1) is 6.61 Å². The molecule has 0 unspecified atom stereocenters. The second-order valence-corrected chi connectivity index (χ2v) is 4.69. The van der Waals surface area contributed by atoms with Crippen LogP contribution in [0.25, 0.3) is 0 Å². The predicted octanol–water partition coefficient (Wildman–Crippen LogP) is 2.39. The van der Waals surface area contributed by atoms with Crippen LogP contribution >= 0.6 is 11.8 Å². The quantitative estimate of drug-likeness (QED) is 0.664. The summed E-state index contributed by atoms with van der Waals surface area (Å²) >= 11 is 1.08. The first kappa shape index (κ1) is 13.5. The monoisotopic (exact) mass is 218 g/mol. The third-order valence-corrected chi connectivity index (χ3v) is 3.43. The number of hydrogen-bond donors (Lipinski definition) is 0. The molecule has 3 nitrogen and oxygen atoms in total. The highest BCUT2D eigenvalue weighted by Crippen LogP contribution is 2.31. The molecule has 0 spiro atoms. The number of hydrogen-bond acceptors (Lipinski definition) is 4. The Hall–Kier alpha value is -0.510. The summed E-state index contributed by atoms with van der Waals surface area (Å²) in [5.41, 5.74) is 0. The van der Waals surface area contributed by atoms with Gasteiger partial charge in [0.1, 0.15) is 4.75 Å². The lowest BCUT2D eigenvalue weighted by molar-refractivity contribution is -0.145. The summed E-state index contributed by atoms with van der Waals surface area (Å²) in [5, 5.41) is 0.0300. The van der Waals surface area contributed by atoms with Crippen molar-refractivity contribution >= 4 is 22.8 Å². The largest absolute Gasteiger partial charge is 0.465 e. The first-order valence-corrected chi connectivity index (χ1v) is 5.70. The second-order valence-electron chi connectivity index (χ2n) is 3.13. The van der Waals surface area contributed by atoms with Gasteiger partial charge >= 0.3 is 5.97 Å². The number of thioether (sulfide) groups is 1. The molecule has 0 fully saturated rings. The van der Waals surface area contributed by atoms with Gasteiger partial charge in [-0.1, -0.05) is 25.6 Å². The molecule has 82 valence electrons. The number of carbonyl (C=O) groups excluding carboxylic acids is 2. The van der Waals surface area contributed by atoms with Crippen molar-refractivity contribution in [2.45, 2.75) is 45.3 Å². The highest BCUT2D eigenvalue weighted by Gasteiger charge is 2.35. The normalized spacial score (nSPS) is 14.6. The van der Waals surface area contributed by atoms with Crippen molar-refractivity contribution in [1.82, 2.24) is 0 Å². The summed E-state index contributed by atoms with van der Waals surface area (Å²) in [4.78, 5) is 22.8. The number of rotatable bonds is 5. The molecule has 0 aliphatic heterocycles. The van der Waals surface area contributed by atoms with Crippen LogP contribution in [0.1, 0.15) is 40.5 Å². The summed E-state index contributed by atoms with van der Waals surface area (Å²) in [7, 11) is 0. The van der Waals surface area contributed by atoms with Crippen LogP contribution in [0.15, 0.2) is 0 Å². The Balaban J connectivity index is 4.45. The molecule has 14 heavy (non-hydrogen) atoms. The molecule has 0 radical (unpaired) electrons. The van der Waals surface area contributed by atoms with Crippen LogP contribution in [0.4, 0.5) is 0 Å². The van der Waals surface area contributed by atoms with Crippen LogP contribution in [0, 0.1) is 0 Å². The molecule has 1 atom stereocenters. The van der Waals surface area contributed by atoms with Crippen LogP contribution in [0.5, 0.6) is 0 Å². The Labute approximate surface area is 89.6 Å². The molecular weight excluding hydrogens is 200 g/mol. The topological polar surface area (TPSA) is 43.4 Å². The van der Waals surface area contributed by atoms with Crippen molar-refractivity contribution in [2.24, 2.45) is 0 Å². The first-order valence-electron chi connectivity index (χ1n) is 4.89. The van der Waals surface area contributed by atoms with Crippen LogP contribution < -0.4 is 0 Å². The van der Waals surface area contributed by atoms with Gasteiger partial charge in [-0.3, -0.25) is 9.59 Å². The lowest BCUT2D eigenvalue weighted by Gasteiger charge is -2.23. The molecule has 0 heterocycles. The molecule has 0 aromatic rings. The molecule has 0 aromatic heterocycles. The number of ether oxygens (including phenoxy) is 1. The van der Waals surface area contributed by atoms with Crippen molar-refractivity contribution in [3.8, 4) is 0 Å². The van der Waals surface area contributed by atoms with Gasteiger partial charge in [-0.25, -0.2) is 0 Å². The van der Waals surface area contributed by atoms with E-state index in [1.54, 1.807) is 20.8 Å². The molecule has 0 aliphatic rings. The van der Waals surface area contributed by atoms with E-state index >= 15 is 0 Å².